The Morgan fingerprint density at radius 3 is 2.73 bits per heavy atom. The largest absolute Gasteiger partial charge is 0.343 e. The first kappa shape index (κ1) is 15.9. The third kappa shape index (κ3) is 4.55. The van der Waals surface area contributed by atoms with Crippen molar-refractivity contribution in [1.82, 2.24) is 20.1 Å². The third-order valence-corrected chi connectivity index (χ3v) is 3.52. The van der Waals surface area contributed by atoms with Crippen molar-refractivity contribution in [2.45, 2.75) is 32.7 Å². The fourth-order valence-corrected chi connectivity index (χ4v) is 2.29. The summed E-state index contributed by atoms with van der Waals surface area (Å²) in [5.41, 5.74) is 2.34. The molecule has 0 saturated heterocycles. The second-order valence-corrected chi connectivity index (χ2v) is 5.51. The molecule has 0 spiro atoms. The number of hydrogen-bond donors (Lipinski definition) is 1. The van der Waals surface area contributed by atoms with Gasteiger partial charge in [0.15, 0.2) is 5.82 Å². The van der Waals surface area contributed by atoms with Crippen LogP contribution in [0, 0.1) is 0 Å². The Morgan fingerprint density at radius 2 is 2.09 bits per heavy atom. The number of aryl methyl sites for hydroxylation is 2. The van der Waals surface area contributed by atoms with E-state index in [-0.39, 0.29) is 11.9 Å². The van der Waals surface area contributed by atoms with E-state index in [4.69, 9.17) is 0 Å². The van der Waals surface area contributed by atoms with Crippen LogP contribution >= 0.6 is 0 Å². The molecule has 5 heteroatoms. The zero-order valence-corrected chi connectivity index (χ0v) is 13.3. The van der Waals surface area contributed by atoms with Gasteiger partial charge >= 0.3 is 0 Å². The van der Waals surface area contributed by atoms with Crippen molar-refractivity contribution in [1.29, 1.82) is 0 Å². The second kappa shape index (κ2) is 7.54. The molecule has 2 rings (SSSR count). The number of nitrogens with zero attached hydrogens (tertiary/aromatic N) is 3. The Hall–Kier alpha value is -2.43. The molecule has 116 valence electrons. The first-order valence-electron chi connectivity index (χ1n) is 7.41. The quantitative estimate of drug-likeness (QED) is 0.834. The molecule has 0 aliphatic carbocycles. The molecule has 0 aliphatic heterocycles. The molecule has 22 heavy (non-hydrogen) atoms. The van der Waals surface area contributed by atoms with E-state index in [1.807, 2.05) is 39.1 Å². The zero-order valence-electron chi connectivity index (χ0n) is 13.3. The first-order valence-corrected chi connectivity index (χ1v) is 7.41. The Balaban J connectivity index is 1.86. The average Bonchev–Trinajstić information content (AvgIpc) is 2.92. The predicted molar refractivity (Wildman–Crippen MR) is 86.1 cm³/mol. The van der Waals surface area contributed by atoms with Crippen molar-refractivity contribution in [3.8, 4) is 0 Å². The van der Waals surface area contributed by atoms with E-state index < -0.39 is 0 Å². The maximum Gasteiger partial charge on any atom is 0.244 e. The van der Waals surface area contributed by atoms with Crippen molar-refractivity contribution in [3.05, 3.63) is 59.7 Å². The Morgan fingerprint density at radius 1 is 1.36 bits per heavy atom. The van der Waals surface area contributed by atoms with Crippen LogP contribution in [0.5, 0.6) is 0 Å². The summed E-state index contributed by atoms with van der Waals surface area (Å²) >= 11 is 0. The third-order valence-electron chi connectivity index (χ3n) is 3.52. The summed E-state index contributed by atoms with van der Waals surface area (Å²) in [6.07, 6.45) is 5.10. The van der Waals surface area contributed by atoms with Gasteiger partial charge in [-0.05, 0) is 32.3 Å². The number of nitrogens with one attached hydrogen (secondary N) is 1. The van der Waals surface area contributed by atoms with Gasteiger partial charge in [0.1, 0.15) is 6.33 Å². The van der Waals surface area contributed by atoms with Crippen LogP contribution in [0.2, 0.25) is 0 Å². The van der Waals surface area contributed by atoms with Crippen molar-refractivity contribution in [2.75, 3.05) is 0 Å². The van der Waals surface area contributed by atoms with Gasteiger partial charge in [0, 0.05) is 13.1 Å². The fourth-order valence-electron chi connectivity index (χ4n) is 2.29. The standard InChI is InChI=1S/C17H22N4O/c1-13(9-10-15-7-5-4-6-8-15)11-16(22)19-14(2)17-20-18-12-21(17)3/h4-8,11-12,14H,9-10H2,1-3H3,(H,19,22)/b13-11-/t14-/m1/s1. The lowest BCUT2D eigenvalue weighted by Gasteiger charge is -2.11. The molecule has 1 heterocycles. The highest BCUT2D eigenvalue weighted by molar-refractivity contribution is 5.88. The number of benzene rings is 1. The van der Waals surface area contributed by atoms with E-state index in [1.54, 1.807) is 17.0 Å². The molecule has 1 amide bonds. The number of hydrogen-bond acceptors (Lipinski definition) is 3. The van der Waals surface area contributed by atoms with Gasteiger partial charge in [-0.3, -0.25) is 4.79 Å². The highest BCUT2D eigenvalue weighted by atomic mass is 16.1. The molecular formula is C17H22N4O. The van der Waals surface area contributed by atoms with E-state index >= 15 is 0 Å². The van der Waals surface area contributed by atoms with Crippen LogP contribution in [0.25, 0.3) is 0 Å². The fraction of sp³-hybridized carbons (Fsp3) is 0.353. The van der Waals surface area contributed by atoms with Gasteiger partial charge in [-0.25, -0.2) is 0 Å². The number of rotatable bonds is 6. The Bertz CT molecular complexity index is 646. The zero-order chi connectivity index (χ0) is 15.9. The Kier molecular flexibility index (Phi) is 5.47. The van der Waals surface area contributed by atoms with E-state index in [2.05, 4.69) is 27.6 Å². The van der Waals surface area contributed by atoms with Gasteiger partial charge in [-0.1, -0.05) is 35.9 Å². The van der Waals surface area contributed by atoms with Gasteiger partial charge in [-0.2, -0.15) is 0 Å². The molecule has 5 nitrogen and oxygen atoms in total. The van der Waals surface area contributed by atoms with Gasteiger partial charge in [0.05, 0.1) is 6.04 Å². The topological polar surface area (TPSA) is 59.8 Å². The van der Waals surface area contributed by atoms with Crippen LogP contribution in [-0.4, -0.2) is 20.7 Å². The molecular weight excluding hydrogens is 276 g/mol. The minimum absolute atomic E-state index is 0.0962. The summed E-state index contributed by atoms with van der Waals surface area (Å²) < 4.78 is 1.80. The molecule has 0 aliphatic rings. The Labute approximate surface area is 131 Å². The van der Waals surface area contributed by atoms with Crippen LogP contribution in [0.4, 0.5) is 0 Å². The van der Waals surface area contributed by atoms with Crippen LogP contribution in [0.1, 0.15) is 37.7 Å². The van der Waals surface area contributed by atoms with Crippen LogP contribution in [-0.2, 0) is 18.3 Å². The van der Waals surface area contributed by atoms with Crippen molar-refractivity contribution >= 4 is 5.91 Å². The summed E-state index contributed by atoms with van der Waals surface area (Å²) in [4.78, 5) is 12.0. The van der Waals surface area contributed by atoms with Gasteiger partial charge in [0.2, 0.25) is 5.91 Å². The maximum atomic E-state index is 12.0. The number of carbonyl (C=O) groups excluding carboxylic acids is 1. The smallest absolute Gasteiger partial charge is 0.244 e. The summed E-state index contributed by atoms with van der Waals surface area (Å²) in [7, 11) is 1.86. The van der Waals surface area contributed by atoms with E-state index in [0.717, 1.165) is 24.2 Å². The molecule has 0 unspecified atom stereocenters. The number of carbonyl (C=O) groups is 1. The summed E-state index contributed by atoms with van der Waals surface area (Å²) in [6, 6.07) is 10.1. The van der Waals surface area contributed by atoms with Gasteiger partial charge in [-0.15, -0.1) is 10.2 Å². The van der Waals surface area contributed by atoms with Crippen LogP contribution < -0.4 is 5.32 Å². The normalized spacial score (nSPS) is 13.0. The molecule has 0 fully saturated rings. The minimum atomic E-state index is -0.168. The summed E-state index contributed by atoms with van der Waals surface area (Å²) in [5, 5.41) is 10.7. The van der Waals surface area contributed by atoms with Crippen molar-refractivity contribution < 1.29 is 4.79 Å². The van der Waals surface area contributed by atoms with Crippen LogP contribution in [0.3, 0.4) is 0 Å². The highest BCUT2D eigenvalue weighted by Crippen LogP contribution is 2.10. The van der Waals surface area contributed by atoms with Gasteiger partial charge < -0.3 is 9.88 Å². The van der Waals surface area contributed by atoms with Crippen molar-refractivity contribution in [3.63, 3.8) is 0 Å². The summed E-state index contributed by atoms with van der Waals surface area (Å²) in [5.74, 6) is 0.643. The van der Waals surface area contributed by atoms with E-state index in [1.165, 1.54) is 5.56 Å². The molecule has 0 saturated carbocycles. The maximum absolute atomic E-state index is 12.0. The number of allylic oxidation sites excluding steroid dienone is 1. The lowest BCUT2D eigenvalue weighted by Crippen LogP contribution is -2.27. The van der Waals surface area contributed by atoms with E-state index in [0.29, 0.717) is 0 Å². The highest BCUT2D eigenvalue weighted by Gasteiger charge is 2.12. The molecule has 0 bridgehead atoms. The second-order valence-electron chi connectivity index (χ2n) is 5.51. The molecule has 2 aromatic rings. The monoisotopic (exact) mass is 298 g/mol. The minimum Gasteiger partial charge on any atom is -0.343 e. The SMILES string of the molecule is C/C(=C/C(=O)N[C@H](C)c1nncn1C)CCc1ccccc1. The molecule has 1 atom stereocenters. The number of aromatic nitrogens is 3. The van der Waals surface area contributed by atoms with E-state index in [9.17, 15) is 4.79 Å². The van der Waals surface area contributed by atoms with Crippen LogP contribution in [0.15, 0.2) is 48.3 Å². The molecule has 1 aromatic heterocycles. The summed E-state index contributed by atoms with van der Waals surface area (Å²) in [6.45, 7) is 3.88. The number of amides is 1. The lowest BCUT2D eigenvalue weighted by atomic mass is 10.1. The predicted octanol–water partition coefficient (Wildman–Crippen LogP) is 2.57. The lowest BCUT2D eigenvalue weighted by molar-refractivity contribution is -0.117. The average molecular weight is 298 g/mol. The molecule has 1 aromatic carbocycles. The van der Waals surface area contributed by atoms with Gasteiger partial charge in [0.25, 0.3) is 0 Å². The first-order chi connectivity index (χ1) is 10.6. The molecule has 1 N–H and O–H groups in total. The molecule has 0 radical (unpaired) electrons. The van der Waals surface area contributed by atoms with Crippen molar-refractivity contribution in [2.24, 2.45) is 7.05 Å².